The Morgan fingerprint density at radius 1 is 1.17 bits per heavy atom. The van der Waals surface area contributed by atoms with Crippen LogP contribution in [0, 0.1) is 0 Å². The first-order valence-corrected chi connectivity index (χ1v) is 8.46. The number of piperidine rings is 1. The lowest BCUT2D eigenvalue weighted by Gasteiger charge is -2.32. The zero-order valence-electron chi connectivity index (χ0n) is 14.3. The van der Waals surface area contributed by atoms with Gasteiger partial charge in [0.25, 0.3) is 0 Å². The molecule has 8 heteroatoms. The Balaban J connectivity index is 1.89. The maximum absolute atomic E-state index is 13.4. The number of methoxy groups -OCH3 is 1. The number of rotatable bonds is 4. The summed E-state index contributed by atoms with van der Waals surface area (Å²) in [5.74, 6) is -0.598. The highest BCUT2D eigenvalue weighted by Gasteiger charge is 2.41. The molecule has 24 heavy (non-hydrogen) atoms. The van der Waals surface area contributed by atoms with Crippen molar-refractivity contribution in [2.24, 2.45) is 0 Å². The summed E-state index contributed by atoms with van der Waals surface area (Å²) in [7, 11) is 3.69. The molecule has 1 aromatic rings. The van der Waals surface area contributed by atoms with Crippen molar-refractivity contribution < 1.29 is 17.9 Å². The molecule has 0 spiro atoms. The number of alkyl halides is 3. The third kappa shape index (κ3) is 3.60. The Kier molecular flexibility index (Phi) is 5.17. The normalized spacial score (nSPS) is 21.2. The van der Waals surface area contributed by atoms with E-state index in [1.54, 1.807) is 7.11 Å². The number of nitrogens with zero attached hydrogens (tertiary/aromatic N) is 4. The van der Waals surface area contributed by atoms with E-state index in [-0.39, 0.29) is 5.92 Å². The number of hydrogen-bond acceptors (Lipinski definition) is 4. The monoisotopic (exact) mass is 346 g/mol. The SMILES string of the molecule is COCCN1CCn2c(C(F)(F)F)nc(C3CCN(C)CC3)c2C1. The summed E-state index contributed by atoms with van der Waals surface area (Å²) < 4.78 is 46.7. The Morgan fingerprint density at radius 3 is 2.50 bits per heavy atom. The highest BCUT2D eigenvalue weighted by atomic mass is 19.4. The molecule has 5 nitrogen and oxygen atoms in total. The second-order valence-corrected chi connectivity index (χ2v) is 6.76. The second-order valence-electron chi connectivity index (χ2n) is 6.76. The van der Waals surface area contributed by atoms with E-state index in [1.165, 1.54) is 4.57 Å². The van der Waals surface area contributed by atoms with Crippen molar-refractivity contribution in [3.05, 3.63) is 17.2 Å². The van der Waals surface area contributed by atoms with Crippen LogP contribution < -0.4 is 0 Å². The van der Waals surface area contributed by atoms with Gasteiger partial charge in [-0.2, -0.15) is 13.2 Å². The molecule has 3 rings (SSSR count). The van der Waals surface area contributed by atoms with E-state index in [4.69, 9.17) is 4.74 Å². The molecule has 2 aliphatic heterocycles. The molecular weight excluding hydrogens is 321 g/mol. The van der Waals surface area contributed by atoms with Crippen LogP contribution in [0.25, 0.3) is 0 Å². The molecule has 0 unspecified atom stereocenters. The van der Waals surface area contributed by atoms with Crippen LogP contribution >= 0.6 is 0 Å². The topological polar surface area (TPSA) is 33.5 Å². The molecule has 0 aromatic carbocycles. The summed E-state index contributed by atoms with van der Waals surface area (Å²) in [6.45, 7) is 4.60. The molecule has 0 bridgehead atoms. The van der Waals surface area contributed by atoms with Crippen molar-refractivity contribution >= 4 is 0 Å². The van der Waals surface area contributed by atoms with Gasteiger partial charge in [0.05, 0.1) is 18.0 Å². The molecule has 1 aromatic heterocycles. The fourth-order valence-corrected chi connectivity index (χ4v) is 3.68. The van der Waals surface area contributed by atoms with Gasteiger partial charge in [-0.05, 0) is 33.0 Å². The predicted octanol–water partition coefficient (Wildman–Crippen LogP) is 2.17. The van der Waals surface area contributed by atoms with Crippen molar-refractivity contribution in [3.63, 3.8) is 0 Å². The standard InChI is InChI=1S/C16H25F3N4O/c1-21-5-3-12(4-6-21)14-13-11-22(9-10-24-2)7-8-23(13)15(20-14)16(17,18)19/h12H,3-11H2,1-2H3. The van der Waals surface area contributed by atoms with Gasteiger partial charge >= 0.3 is 6.18 Å². The van der Waals surface area contributed by atoms with Crippen LogP contribution in [0.15, 0.2) is 0 Å². The van der Waals surface area contributed by atoms with Gasteiger partial charge in [-0.15, -0.1) is 0 Å². The van der Waals surface area contributed by atoms with Crippen molar-refractivity contribution in [3.8, 4) is 0 Å². The van der Waals surface area contributed by atoms with Gasteiger partial charge in [-0.1, -0.05) is 0 Å². The van der Waals surface area contributed by atoms with Crippen LogP contribution in [-0.4, -0.2) is 66.3 Å². The number of ether oxygens (including phenoxy) is 1. The van der Waals surface area contributed by atoms with Gasteiger partial charge in [-0.25, -0.2) is 4.98 Å². The van der Waals surface area contributed by atoms with E-state index < -0.39 is 12.0 Å². The van der Waals surface area contributed by atoms with Gasteiger partial charge in [0.1, 0.15) is 0 Å². The lowest BCUT2D eigenvalue weighted by Crippen LogP contribution is -2.37. The Labute approximate surface area is 140 Å². The van der Waals surface area contributed by atoms with Gasteiger partial charge < -0.3 is 14.2 Å². The number of hydrogen-bond donors (Lipinski definition) is 0. The quantitative estimate of drug-likeness (QED) is 0.837. The fraction of sp³-hybridized carbons (Fsp3) is 0.812. The maximum atomic E-state index is 13.4. The smallest absolute Gasteiger partial charge is 0.383 e. The Bertz CT molecular complexity index is 564. The molecular formula is C16H25F3N4O. The van der Waals surface area contributed by atoms with Crippen molar-refractivity contribution in [1.82, 2.24) is 19.4 Å². The first-order valence-electron chi connectivity index (χ1n) is 8.46. The summed E-state index contributed by atoms with van der Waals surface area (Å²) in [5, 5.41) is 0. The van der Waals surface area contributed by atoms with Crippen molar-refractivity contribution in [1.29, 1.82) is 0 Å². The first kappa shape index (κ1) is 17.7. The molecule has 2 aliphatic rings. The number of imidazole rings is 1. The maximum Gasteiger partial charge on any atom is 0.449 e. The zero-order valence-corrected chi connectivity index (χ0v) is 14.3. The second kappa shape index (κ2) is 7.01. The van der Waals surface area contributed by atoms with E-state index in [0.29, 0.717) is 31.9 Å². The first-order chi connectivity index (χ1) is 11.4. The molecule has 0 atom stereocenters. The van der Waals surface area contributed by atoms with Crippen LogP contribution in [0.1, 0.15) is 36.0 Å². The molecule has 3 heterocycles. The van der Waals surface area contributed by atoms with Crippen LogP contribution in [0.3, 0.4) is 0 Å². The highest BCUT2D eigenvalue weighted by Crippen LogP contribution is 2.37. The molecule has 0 aliphatic carbocycles. The third-order valence-electron chi connectivity index (χ3n) is 5.09. The Hall–Kier alpha value is -1.12. The van der Waals surface area contributed by atoms with E-state index in [9.17, 15) is 13.2 Å². The van der Waals surface area contributed by atoms with Crippen LogP contribution in [0.5, 0.6) is 0 Å². The molecule has 0 radical (unpaired) electrons. The number of aromatic nitrogens is 2. The summed E-state index contributed by atoms with van der Waals surface area (Å²) >= 11 is 0. The van der Waals surface area contributed by atoms with Crippen LogP contribution in [0.4, 0.5) is 13.2 Å². The average Bonchev–Trinajstić information content (AvgIpc) is 2.92. The zero-order chi connectivity index (χ0) is 17.3. The minimum Gasteiger partial charge on any atom is -0.383 e. The fourth-order valence-electron chi connectivity index (χ4n) is 3.68. The Morgan fingerprint density at radius 2 is 1.88 bits per heavy atom. The van der Waals surface area contributed by atoms with E-state index >= 15 is 0 Å². The average molecular weight is 346 g/mol. The van der Waals surface area contributed by atoms with E-state index in [0.717, 1.165) is 38.2 Å². The van der Waals surface area contributed by atoms with Crippen LogP contribution in [-0.2, 0) is 24.0 Å². The lowest BCUT2D eigenvalue weighted by atomic mass is 9.92. The van der Waals surface area contributed by atoms with Gasteiger partial charge in [0.15, 0.2) is 0 Å². The molecule has 0 saturated carbocycles. The number of fused-ring (bicyclic) bond motifs is 1. The summed E-state index contributed by atoms with van der Waals surface area (Å²) in [5.41, 5.74) is 1.41. The molecule has 1 fully saturated rings. The summed E-state index contributed by atoms with van der Waals surface area (Å²) in [6.07, 6.45) is -2.65. The summed E-state index contributed by atoms with van der Waals surface area (Å²) in [4.78, 5) is 8.46. The van der Waals surface area contributed by atoms with Crippen molar-refractivity contribution in [2.45, 2.75) is 38.0 Å². The van der Waals surface area contributed by atoms with Gasteiger partial charge in [0, 0.05) is 39.2 Å². The predicted molar refractivity (Wildman–Crippen MR) is 83.9 cm³/mol. The minimum absolute atomic E-state index is 0.126. The minimum atomic E-state index is -4.40. The van der Waals surface area contributed by atoms with Crippen molar-refractivity contribution in [2.75, 3.05) is 46.9 Å². The van der Waals surface area contributed by atoms with Crippen LogP contribution in [0.2, 0.25) is 0 Å². The number of likely N-dealkylation sites (tertiary alicyclic amines) is 1. The van der Waals surface area contributed by atoms with E-state index in [1.807, 2.05) is 7.05 Å². The molecule has 0 N–H and O–H groups in total. The third-order valence-corrected chi connectivity index (χ3v) is 5.09. The lowest BCUT2D eigenvalue weighted by molar-refractivity contribution is -0.147. The van der Waals surface area contributed by atoms with Gasteiger partial charge in [0.2, 0.25) is 5.82 Å². The molecule has 1 saturated heterocycles. The molecule has 0 amide bonds. The van der Waals surface area contributed by atoms with E-state index in [2.05, 4.69) is 14.8 Å². The summed E-state index contributed by atoms with van der Waals surface area (Å²) in [6, 6.07) is 0. The highest BCUT2D eigenvalue weighted by molar-refractivity contribution is 5.25. The largest absolute Gasteiger partial charge is 0.449 e. The van der Waals surface area contributed by atoms with Gasteiger partial charge in [-0.3, -0.25) is 4.90 Å². The molecule has 136 valence electrons. The number of halogens is 3.